The van der Waals surface area contributed by atoms with Crippen LogP contribution in [-0.4, -0.2) is 54.0 Å². The van der Waals surface area contributed by atoms with Crippen molar-refractivity contribution in [1.82, 2.24) is 54.0 Å². The van der Waals surface area contributed by atoms with Crippen LogP contribution in [0, 0.1) is 0 Å². The summed E-state index contributed by atoms with van der Waals surface area (Å²) in [5.41, 5.74) is 20.2. The van der Waals surface area contributed by atoms with Gasteiger partial charge in [0.2, 0.25) is 0 Å². The highest BCUT2D eigenvalue weighted by Crippen LogP contribution is 2.37. The van der Waals surface area contributed by atoms with Crippen molar-refractivity contribution in [3.63, 3.8) is 0 Å². The van der Waals surface area contributed by atoms with Crippen LogP contribution in [0.3, 0.4) is 0 Å². The highest BCUT2D eigenvalue weighted by atomic mass is 15.0. The molecular weight excluding hydrogens is 1050 g/mol. The minimum atomic E-state index is 0.634. The van der Waals surface area contributed by atoms with Crippen LogP contribution in [-0.2, 0) is 0 Å². The number of fused-ring (bicyclic) bond motifs is 6. The molecule has 0 aliphatic rings. The van der Waals surface area contributed by atoms with Crippen molar-refractivity contribution in [3.05, 3.63) is 286 Å². The van der Waals surface area contributed by atoms with E-state index in [0.29, 0.717) is 28.7 Å². The maximum atomic E-state index is 5.14. The fourth-order valence-corrected chi connectivity index (χ4v) is 11.7. The molecule has 0 fully saturated rings. The molecule has 0 N–H and O–H groups in total. The summed E-state index contributed by atoms with van der Waals surface area (Å²) in [7, 11) is 0. The lowest BCUT2D eigenvalue weighted by Gasteiger charge is -2.11. The van der Waals surface area contributed by atoms with E-state index in [0.717, 1.165) is 84.2 Å². The summed E-state index contributed by atoms with van der Waals surface area (Å²) < 4.78 is 4.62. The molecule has 11 nitrogen and oxygen atoms in total. The second-order valence-corrected chi connectivity index (χ2v) is 21.1. The largest absolute Gasteiger partial charge is 0.309 e. The van der Waals surface area contributed by atoms with Crippen LogP contribution in [0.15, 0.2) is 286 Å². The molecule has 0 radical (unpaired) electrons. The van der Waals surface area contributed by atoms with Gasteiger partial charge in [0.25, 0.3) is 0 Å². The molecule has 9 aromatic heterocycles. The molecule has 0 atom stereocenters. The van der Waals surface area contributed by atoms with E-state index in [9.17, 15) is 0 Å². The molecule has 0 saturated heterocycles. The Balaban J connectivity index is 0.656. The van der Waals surface area contributed by atoms with Gasteiger partial charge in [-0.1, -0.05) is 121 Å². The van der Waals surface area contributed by atoms with Gasteiger partial charge in [-0.2, -0.15) is 0 Å². The standard InChI is InChI=1S/C75H47N11/c1-2-14-48(15-3-1)66-38-53(55-44-79-74(80-45-55)49-25-31-57(32-26-49)85-70-21-8-4-16-59(70)60-17-5-9-22-71(60)85)39-68(83-66)64-35-29-51(42-77-64)52-30-36-65(78-43-52)69-41-54(40-67(84-69)63-20-12-13-37-76-63)56-46-81-75(82-47-56)50-27-33-58(34-28-50)86-72-23-10-6-18-61(72)62-19-7-11-24-73(62)86/h1-47H. The number of benzene rings is 7. The van der Waals surface area contributed by atoms with Gasteiger partial charge in [0, 0.05) is 115 Å². The maximum Gasteiger partial charge on any atom is 0.159 e. The van der Waals surface area contributed by atoms with Gasteiger partial charge in [-0.15, -0.1) is 0 Å². The summed E-state index contributed by atoms with van der Waals surface area (Å²) in [5.74, 6) is 1.28. The van der Waals surface area contributed by atoms with E-state index in [-0.39, 0.29) is 0 Å². The number of aromatic nitrogens is 11. The second kappa shape index (κ2) is 21.1. The zero-order valence-corrected chi connectivity index (χ0v) is 46.1. The van der Waals surface area contributed by atoms with Crippen molar-refractivity contribution in [2.75, 3.05) is 0 Å². The molecule has 402 valence electrons. The molecule has 0 spiro atoms. The van der Waals surface area contributed by atoms with Crippen LogP contribution in [0.25, 0.3) is 157 Å². The third-order valence-electron chi connectivity index (χ3n) is 15.9. The molecule has 0 aliphatic carbocycles. The minimum Gasteiger partial charge on any atom is -0.309 e. The molecule has 7 aromatic carbocycles. The van der Waals surface area contributed by atoms with Crippen LogP contribution in [0.2, 0.25) is 0 Å². The molecule has 16 rings (SSSR count). The van der Waals surface area contributed by atoms with Crippen LogP contribution >= 0.6 is 0 Å². The summed E-state index contributed by atoms with van der Waals surface area (Å²) in [6.45, 7) is 0. The average molecular weight is 1100 g/mol. The van der Waals surface area contributed by atoms with Crippen molar-refractivity contribution in [3.8, 4) is 113 Å². The van der Waals surface area contributed by atoms with Gasteiger partial charge in [0.1, 0.15) is 0 Å². The quantitative estimate of drug-likeness (QED) is 0.124. The molecule has 11 heteroatoms. The van der Waals surface area contributed by atoms with Gasteiger partial charge in [0.15, 0.2) is 11.6 Å². The SMILES string of the molecule is c1ccc(-c2cc(-c3cnc(-c4ccc(-n5c6ccccc6c6ccccc65)cc4)nc3)cc(-c3ccc(-c4ccc(-c5cc(-c6cnc(-c7ccc(-n8c9ccccc9c9ccccc98)cc7)nc6)cc(-c6ccccn6)n5)nc4)cn3)n2)cc1. The fourth-order valence-electron chi connectivity index (χ4n) is 11.7. The average Bonchev–Trinajstić information content (AvgIpc) is 2.84. The summed E-state index contributed by atoms with van der Waals surface area (Å²) in [5, 5.41) is 4.91. The zero-order chi connectivity index (χ0) is 56.9. The van der Waals surface area contributed by atoms with E-state index < -0.39 is 0 Å². The van der Waals surface area contributed by atoms with Crippen LogP contribution in [0.4, 0.5) is 0 Å². The summed E-state index contributed by atoms with van der Waals surface area (Å²) >= 11 is 0. The topological polar surface area (TPSA) is 126 Å². The van der Waals surface area contributed by atoms with E-state index in [1.165, 1.54) is 43.6 Å². The van der Waals surface area contributed by atoms with E-state index in [1.807, 2.05) is 97.8 Å². The lowest BCUT2D eigenvalue weighted by Crippen LogP contribution is -1.96. The Morgan fingerprint density at radius 3 is 0.953 bits per heavy atom. The van der Waals surface area contributed by atoms with Gasteiger partial charge in [-0.25, -0.2) is 29.9 Å². The first-order valence-electron chi connectivity index (χ1n) is 28.4. The second-order valence-electron chi connectivity index (χ2n) is 21.1. The number of rotatable bonds is 11. The summed E-state index contributed by atoms with van der Waals surface area (Å²) in [6, 6.07) is 83.3. The Hall–Kier alpha value is -12.0. The molecule has 16 aromatic rings. The Labute approximate surface area is 494 Å². The van der Waals surface area contributed by atoms with E-state index >= 15 is 0 Å². The summed E-state index contributed by atoms with van der Waals surface area (Å²) in [6.07, 6.45) is 13.0. The lowest BCUT2D eigenvalue weighted by molar-refractivity contribution is 1.16. The monoisotopic (exact) mass is 1100 g/mol. The number of nitrogens with zero attached hydrogens (tertiary/aromatic N) is 11. The molecule has 9 heterocycles. The third-order valence-corrected chi connectivity index (χ3v) is 15.9. The molecule has 0 unspecified atom stereocenters. The van der Waals surface area contributed by atoms with Crippen molar-refractivity contribution in [2.24, 2.45) is 0 Å². The minimum absolute atomic E-state index is 0.634. The number of hydrogen-bond acceptors (Lipinski definition) is 9. The predicted molar refractivity (Wildman–Crippen MR) is 344 cm³/mol. The Kier molecular flexibility index (Phi) is 12.2. The molecule has 0 amide bonds. The van der Waals surface area contributed by atoms with Crippen LogP contribution in [0.5, 0.6) is 0 Å². The van der Waals surface area contributed by atoms with Gasteiger partial charge >= 0.3 is 0 Å². The van der Waals surface area contributed by atoms with Gasteiger partial charge in [0.05, 0.1) is 61.9 Å². The van der Waals surface area contributed by atoms with Crippen molar-refractivity contribution in [1.29, 1.82) is 0 Å². The first kappa shape index (κ1) is 49.8. The first-order valence-corrected chi connectivity index (χ1v) is 28.4. The fraction of sp³-hybridized carbons (Fsp3) is 0. The molecule has 0 bridgehead atoms. The molecule has 0 aliphatic heterocycles. The summed E-state index contributed by atoms with van der Waals surface area (Å²) in [4.78, 5) is 44.4. The Morgan fingerprint density at radius 1 is 0.209 bits per heavy atom. The normalized spacial score (nSPS) is 11.5. The van der Waals surface area contributed by atoms with Crippen LogP contribution in [0.1, 0.15) is 0 Å². The van der Waals surface area contributed by atoms with Gasteiger partial charge < -0.3 is 9.13 Å². The lowest BCUT2D eigenvalue weighted by atomic mass is 10.0. The smallest absolute Gasteiger partial charge is 0.159 e. The van der Waals surface area contributed by atoms with Gasteiger partial charge in [-0.05, 0) is 132 Å². The van der Waals surface area contributed by atoms with Gasteiger partial charge in [-0.3, -0.25) is 15.0 Å². The van der Waals surface area contributed by atoms with E-state index in [2.05, 4.69) is 196 Å². The molecular formula is C75H47N11. The van der Waals surface area contributed by atoms with Crippen molar-refractivity contribution < 1.29 is 0 Å². The van der Waals surface area contributed by atoms with Crippen LogP contribution < -0.4 is 0 Å². The molecule has 0 saturated carbocycles. The van der Waals surface area contributed by atoms with E-state index in [4.69, 9.17) is 39.9 Å². The Morgan fingerprint density at radius 2 is 0.558 bits per heavy atom. The molecule has 86 heavy (non-hydrogen) atoms. The van der Waals surface area contributed by atoms with Crippen molar-refractivity contribution >= 4 is 43.6 Å². The Bertz CT molecular complexity index is 4730. The number of hydrogen-bond donors (Lipinski definition) is 0. The van der Waals surface area contributed by atoms with E-state index in [1.54, 1.807) is 6.20 Å². The highest BCUT2D eigenvalue weighted by molar-refractivity contribution is 6.10. The predicted octanol–water partition coefficient (Wildman–Crippen LogP) is 17.4. The maximum absolute atomic E-state index is 5.14. The first-order chi connectivity index (χ1) is 42.6. The van der Waals surface area contributed by atoms with Crippen molar-refractivity contribution in [2.45, 2.75) is 0 Å². The zero-order valence-electron chi connectivity index (χ0n) is 46.1. The highest BCUT2D eigenvalue weighted by Gasteiger charge is 2.18. The number of pyridine rings is 5. The number of para-hydroxylation sites is 4. The third kappa shape index (κ3) is 9.09.